The van der Waals surface area contributed by atoms with Gasteiger partial charge in [-0.3, -0.25) is 0 Å². The summed E-state index contributed by atoms with van der Waals surface area (Å²) in [6.07, 6.45) is 0.586. The second-order valence-corrected chi connectivity index (χ2v) is 4.45. The zero-order valence-electron chi connectivity index (χ0n) is 9.65. The van der Waals surface area contributed by atoms with Gasteiger partial charge in [0.15, 0.2) is 0 Å². The predicted molar refractivity (Wildman–Crippen MR) is 60.6 cm³/mol. The number of oxime groups is 1. The van der Waals surface area contributed by atoms with E-state index in [0.717, 1.165) is 11.3 Å². The van der Waals surface area contributed by atoms with Gasteiger partial charge in [-0.25, -0.2) is 0 Å². The minimum absolute atomic E-state index is 0.360. The Bertz CT molecular complexity index is 438. The number of hydrogen-bond acceptors (Lipinski definition) is 4. The molecule has 16 heavy (non-hydrogen) atoms. The van der Waals surface area contributed by atoms with Crippen molar-refractivity contribution in [2.75, 3.05) is 7.11 Å². The molecule has 1 heterocycles. The first-order chi connectivity index (χ1) is 7.55. The third-order valence-corrected chi connectivity index (χ3v) is 2.60. The van der Waals surface area contributed by atoms with Crippen LogP contribution in [0.1, 0.15) is 25.8 Å². The number of methoxy groups -OCH3 is 1. The first-order valence-corrected chi connectivity index (χ1v) is 5.14. The number of fused-ring (bicyclic) bond motifs is 1. The van der Waals surface area contributed by atoms with E-state index in [1.54, 1.807) is 13.2 Å². The molecule has 0 atom stereocenters. The fraction of sp³-hybridized carbons (Fsp3) is 0.417. The van der Waals surface area contributed by atoms with E-state index in [1.165, 1.54) is 0 Å². The van der Waals surface area contributed by atoms with Gasteiger partial charge in [-0.2, -0.15) is 0 Å². The Balaban J connectivity index is 2.50. The summed E-state index contributed by atoms with van der Waals surface area (Å²) in [4.78, 5) is 0. The van der Waals surface area contributed by atoms with Crippen LogP contribution in [0.25, 0.3) is 0 Å². The second kappa shape index (κ2) is 3.70. The second-order valence-electron chi connectivity index (χ2n) is 4.45. The predicted octanol–water partition coefficient (Wildman–Crippen LogP) is 2.43. The van der Waals surface area contributed by atoms with Crippen molar-refractivity contribution >= 4 is 5.71 Å². The number of rotatable bonds is 1. The van der Waals surface area contributed by atoms with Crippen LogP contribution in [0.4, 0.5) is 0 Å². The summed E-state index contributed by atoms with van der Waals surface area (Å²) in [5, 5.41) is 12.3. The molecule has 4 heteroatoms. The van der Waals surface area contributed by atoms with E-state index in [0.29, 0.717) is 17.9 Å². The van der Waals surface area contributed by atoms with E-state index < -0.39 is 0 Å². The summed E-state index contributed by atoms with van der Waals surface area (Å²) < 4.78 is 11.0. The fourth-order valence-corrected chi connectivity index (χ4v) is 1.87. The van der Waals surface area contributed by atoms with Crippen molar-refractivity contribution in [1.82, 2.24) is 0 Å². The van der Waals surface area contributed by atoms with Crippen LogP contribution in [0.15, 0.2) is 23.4 Å². The van der Waals surface area contributed by atoms with E-state index in [4.69, 9.17) is 14.7 Å². The van der Waals surface area contributed by atoms with Gasteiger partial charge in [0.1, 0.15) is 17.1 Å². The lowest BCUT2D eigenvalue weighted by Crippen LogP contribution is -2.36. The summed E-state index contributed by atoms with van der Waals surface area (Å²) in [6.45, 7) is 3.92. The maximum absolute atomic E-state index is 9.00. The Morgan fingerprint density at radius 3 is 2.81 bits per heavy atom. The number of benzene rings is 1. The molecule has 4 nitrogen and oxygen atoms in total. The fourth-order valence-electron chi connectivity index (χ4n) is 1.87. The quantitative estimate of drug-likeness (QED) is 0.585. The normalized spacial score (nSPS) is 20.1. The molecule has 1 aliphatic heterocycles. The molecular formula is C12H15NO3. The molecule has 0 fully saturated rings. The molecule has 0 unspecified atom stereocenters. The Hall–Kier alpha value is -1.71. The Morgan fingerprint density at radius 1 is 1.44 bits per heavy atom. The molecule has 1 aliphatic rings. The van der Waals surface area contributed by atoms with Crippen LogP contribution in [-0.4, -0.2) is 23.6 Å². The average Bonchev–Trinajstić information content (AvgIpc) is 2.25. The highest BCUT2D eigenvalue weighted by Crippen LogP contribution is 2.35. The molecule has 1 aromatic rings. The lowest BCUT2D eigenvalue weighted by molar-refractivity contribution is 0.109. The maximum Gasteiger partial charge on any atom is 0.133 e. The monoisotopic (exact) mass is 221 g/mol. The van der Waals surface area contributed by atoms with Gasteiger partial charge in [-0.15, -0.1) is 0 Å². The van der Waals surface area contributed by atoms with Crippen molar-refractivity contribution in [3.8, 4) is 11.5 Å². The van der Waals surface area contributed by atoms with Gasteiger partial charge in [0.2, 0.25) is 0 Å². The largest absolute Gasteiger partial charge is 0.497 e. The molecule has 0 saturated heterocycles. The smallest absolute Gasteiger partial charge is 0.133 e. The highest BCUT2D eigenvalue weighted by molar-refractivity contribution is 6.04. The van der Waals surface area contributed by atoms with Gasteiger partial charge in [0, 0.05) is 18.1 Å². The minimum Gasteiger partial charge on any atom is -0.497 e. The highest BCUT2D eigenvalue weighted by atomic mass is 16.5. The van der Waals surface area contributed by atoms with Crippen LogP contribution in [0.5, 0.6) is 11.5 Å². The number of nitrogens with zero attached hydrogens (tertiary/aromatic N) is 1. The van der Waals surface area contributed by atoms with Crippen molar-refractivity contribution in [3.05, 3.63) is 23.8 Å². The van der Waals surface area contributed by atoms with Crippen LogP contribution in [0, 0.1) is 0 Å². The molecule has 0 amide bonds. The summed E-state index contributed by atoms with van der Waals surface area (Å²) in [5.41, 5.74) is 1.11. The molecule has 1 aromatic carbocycles. The third kappa shape index (κ3) is 1.83. The lowest BCUT2D eigenvalue weighted by atomic mass is 9.92. The van der Waals surface area contributed by atoms with E-state index in [9.17, 15) is 0 Å². The number of hydrogen-bond donors (Lipinski definition) is 1. The SMILES string of the molecule is COc1ccc2c(c1)OC(C)(C)CC2=NO. The Kier molecular flexibility index (Phi) is 2.50. The van der Waals surface area contributed by atoms with E-state index >= 15 is 0 Å². The van der Waals surface area contributed by atoms with Crippen LogP contribution >= 0.6 is 0 Å². The molecular weight excluding hydrogens is 206 g/mol. The molecule has 0 radical (unpaired) electrons. The van der Waals surface area contributed by atoms with Crippen LogP contribution in [0.2, 0.25) is 0 Å². The molecule has 1 N–H and O–H groups in total. The first-order valence-electron chi connectivity index (χ1n) is 5.14. The van der Waals surface area contributed by atoms with Crippen molar-refractivity contribution in [3.63, 3.8) is 0 Å². The topological polar surface area (TPSA) is 51.0 Å². The zero-order chi connectivity index (χ0) is 11.8. The molecule has 0 spiro atoms. The lowest BCUT2D eigenvalue weighted by Gasteiger charge is -2.32. The van der Waals surface area contributed by atoms with Gasteiger partial charge in [-0.1, -0.05) is 5.16 Å². The van der Waals surface area contributed by atoms with Gasteiger partial charge >= 0.3 is 0 Å². The molecule has 0 saturated carbocycles. The van der Waals surface area contributed by atoms with Gasteiger partial charge in [-0.05, 0) is 26.0 Å². The van der Waals surface area contributed by atoms with E-state index in [1.807, 2.05) is 26.0 Å². The molecule has 2 rings (SSSR count). The van der Waals surface area contributed by atoms with E-state index in [2.05, 4.69) is 5.16 Å². The van der Waals surface area contributed by atoms with Crippen LogP contribution in [-0.2, 0) is 0 Å². The Morgan fingerprint density at radius 2 is 2.19 bits per heavy atom. The number of ether oxygens (including phenoxy) is 2. The molecule has 0 aliphatic carbocycles. The zero-order valence-corrected chi connectivity index (χ0v) is 9.65. The van der Waals surface area contributed by atoms with Crippen molar-refractivity contribution in [2.45, 2.75) is 25.9 Å². The Labute approximate surface area is 94.5 Å². The summed E-state index contributed by atoms with van der Waals surface area (Å²) in [7, 11) is 1.61. The van der Waals surface area contributed by atoms with Crippen molar-refractivity contribution < 1.29 is 14.7 Å². The molecule has 0 bridgehead atoms. The maximum atomic E-state index is 9.00. The summed E-state index contributed by atoms with van der Waals surface area (Å²) >= 11 is 0. The average molecular weight is 221 g/mol. The molecule has 86 valence electrons. The van der Waals surface area contributed by atoms with Gasteiger partial charge < -0.3 is 14.7 Å². The van der Waals surface area contributed by atoms with Crippen molar-refractivity contribution in [2.24, 2.45) is 5.16 Å². The van der Waals surface area contributed by atoms with Crippen molar-refractivity contribution in [1.29, 1.82) is 0 Å². The summed E-state index contributed by atoms with van der Waals surface area (Å²) in [6, 6.07) is 5.48. The third-order valence-electron chi connectivity index (χ3n) is 2.60. The first kappa shape index (κ1) is 10.8. The summed E-state index contributed by atoms with van der Waals surface area (Å²) in [5.74, 6) is 1.43. The van der Waals surface area contributed by atoms with Crippen LogP contribution < -0.4 is 9.47 Å². The van der Waals surface area contributed by atoms with Crippen LogP contribution in [0.3, 0.4) is 0 Å². The van der Waals surface area contributed by atoms with Gasteiger partial charge in [0.25, 0.3) is 0 Å². The highest BCUT2D eigenvalue weighted by Gasteiger charge is 2.31. The molecule has 0 aromatic heterocycles. The standard InChI is InChI=1S/C12H15NO3/c1-12(2)7-10(13-14)9-5-4-8(15-3)6-11(9)16-12/h4-6,14H,7H2,1-3H3. The minimum atomic E-state index is -0.360. The van der Waals surface area contributed by atoms with E-state index in [-0.39, 0.29) is 5.60 Å². The van der Waals surface area contributed by atoms with Gasteiger partial charge in [0.05, 0.1) is 12.8 Å².